The van der Waals surface area contributed by atoms with Gasteiger partial charge < -0.3 is 15.1 Å². The molecule has 2 aromatic heterocycles. The molecule has 1 N–H and O–H groups in total. The van der Waals surface area contributed by atoms with Gasteiger partial charge in [-0.05, 0) is 57.3 Å². The lowest BCUT2D eigenvalue weighted by molar-refractivity contribution is 0.0943. The normalized spacial score (nSPS) is 18.4. The van der Waals surface area contributed by atoms with Crippen LogP contribution in [0.1, 0.15) is 42.6 Å². The first-order chi connectivity index (χ1) is 12.8. The van der Waals surface area contributed by atoms with Crippen molar-refractivity contribution in [2.24, 2.45) is 0 Å². The maximum atomic E-state index is 12.6. The van der Waals surface area contributed by atoms with Crippen molar-refractivity contribution in [1.29, 1.82) is 0 Å². The fourth-order valence-corrected chi connectivity index (χ4v) is 4.57. The van der Waals surface area contributed by atoms with Crippen molar-refractivity contribution >= 4 is 22.4 Å². The molecule has 26 heavy (non-hydrogen) atoms. The number of nitrogens with zero attached hydrogens (tertiary/aromatic N) is 5. The van der Waals surface area contributed by atoms with Gasteiger partial charge in [0.1, 0.15) is 5.69 Å². The fourth-order valence-electron chi connectivity index (χ4n) is 3.68. The van der Waals surface area contributed by atoms with Crippen LogP contribution in [-0.4, -0.2) is 64.8 Å². The molecule has 0 atom stereocenters. The number of likely N-dealkylation sites (tertiary alicyclic amines) is 1. The second-order valence-corrected chi connectivity index (χ2v) is 7.92. The Morgan fingerprint density at radius 2 is 1.77 bits per heavy atom. The highest BCUT2D eigenvalue weighted by molar-refractivity contribution is 7.17. The van der Waals surface area contributed by atoms with Crippen LogP contribution in [0.2, 0.25) is 0 Å². The van der Waals surface area contributed by atoms with E-state index in [4.69, 9.17) is 0 Å². The quantitative estimate of drug-likeness (QED) is 0.839. The van der Waals surface area contributed by atoms with Crippen molar-refractivity contribution in [2.75, 3.05) is 44.2 Å². The number of piperidine rings is 1. The predicted octanol–water partition coefficient (Wildman–Crippen LogP) is 2.14. The van der Waals surface area contributed by atoms with Gasteiger partial charge in [0.2, 0.25) is 10.3 Å². The van der Waals surface area contributed by atoms with Crippen molar-refractivity contribution in [3.05, 3.63) is 24.0 Å². The number of anilines is 1. The van der Waals surface area contributed by atoms with Gasteiger partial charge in [0.05, 0.1) is 0 Å². The molecule has 8 heteroatoms. The Hall–Kier alpha value is -1.93. The van der Waals surface area contributed by atoms with Crippen molar-refractivity contribution in [3.63, 3.8) is 0 Å². The number of hydrogen-bond acceptors (Lipinski definition) is 6. The molecule has 1 amide bonds. The monoisotopic (exact) mass is 374 g/mol. The van der Waals surface area contributed by atoms with Crippen molar-refractivity contribution in [1.82, 2.24) is 25.0 Å². The maximum absolute atomic E-state index is 12.6. The molecule has 2 fully saturated rings. The smallest absolute Gasteiger partial charge is 0.268 e. The molecule has 4 rings (SSSR count). The summed E-state index contributed by atoms with van der Waals surface area (Å²) in [6, 6.07) is 3.73. The lowest BCUT2D eigenvalue weighted by Gasteiger charge is -2.25. The molecule has 2 saturated heterocycles. The van der Waals surface area contributed by atoms with Crippen LogP contribution in [0.5, 0.6) is 0 Å². The molecule has 0 aliphatic carbocycles. The number of carbonyl (C=O) groups is 1. The van der Waals surface area contributed by atoms with Gasteiger partial charge in [-0.15, -0.1) is 10.2 Å². The molecular formula is C18H26N6OS. The minimum atomic E-state index is -0.0519. The summed E-state index contributed by atoms with van der Waals surface area (Å²) in [5.74, 6) is -0.0519. The van der Waals surface area contributed by atoms with Gasteiger partial charge in [-0.2, -0.15) is 0 Å². The topological polar surface area (TPSA) is 66.3 Å². The molecule has 0 radical (unpaired) electrons. The number of hydrogen-bond donors (Lipinski definition) is 1. The number of carbonyl (C=O) groups excluding carboxylic acids is 1. The van der Waals surface area contributed by atoms with Crippen LogP contribution in [0.25, 0.3) is 5.13 Å². The Labute approximate surface area is 158 Å². The number of rotatable bonds is 6. The Morgan fingerprint density at radius 3 is 2.58 bits per heavy atom. The van der Waals surface area contributed by atoms with Gasteiger partial charge >= 0.3 is 0 Å². The van der Waals surface area contributed by atoms with E-state index in [0.717, 1.165) is 43.0 Å². The van der Waals surface area contributed by atoms with Crippen LogP contribution in [-0.2, 0) is 0 Å². The summed E-state index contributed by atoms with van der Waals surface area (Å²) in [6.45, 7) is 5.99. The van der Waals surface area contributed by atoms with Gasteiger partial charge in [-0.3, -0.25) is 9.36 Å². The van der Waals surface area contributed by atoms with Gasteiger partial charge in [-0.25, -0.2) is 0 Å². The number of nitrogens with one attached hydrogen (secondary N) is 1. The van der Waals surface area contributed by atoms with Crippen LogP contribution >= 0.6 is 11.3 Å². The van der Waals surface area contributed by atoms with Crippen LogP contribution in [0, 0.1) is 0 Å². The lowest BCUT2D eigenvalue weighted by Crippen LogP contribution is -2.34. The maximum Gasteiger partial charge on any atom is 0.268 e. The van der Waals surface area contributed by atoms with Gasteiger partial charge in [-0.1, -0.05) is 11.3 Å². The van der Waals surface area contributed by atoms with E-state index in [2.05, 4.69) is 25.3 Å². The zero-order valence-electron chi connectivity index (χ0n) is 15.1. The van der Waals surface area contributed by atoms with Crippen molar-refractivity contribution < 1.29 is 4.79 Å². The molecule has 0 spiro atoms. The van der Waals surface area contributed by atoms with E-state index in [1.165, 1.54) is 32.1 Å². The van der Waals surface area contributed by atoms with Gasteiger partial charge in [0, 0.05) is 32.4 Å². The summed E-state index contributed by atoms with van der Waals surface area (Å²) in [7, 11) is 0. The average Bonchev–Trinajstić information content (AvgIpc) is 3.42. The predicted molar refractivity (Wildman–Crippen MR) is 103 cm³/mol. The van der Waals surface area contributed by atoms with E-state index in [1.807, 2.05) is 22.9 Å². The largest absolute Gasteiger partial charge is 0.349 e. The zero-order chi connectivity index (χ0) is 17.8. The number of amides is 1. The van der Waals surface area contributed by atoms with Crippen LogP contribution in [0.15, 0.2) is 18.3 Å². The SMILES string of the molecule is O=C(NCCN1CCCC1)c1cccn1-c1nnc(N2CCCCC2)s1. The Morgan fingerprint density at radius 1 is 1.04 bits per heavy atom. The van der Waals surface area contributed by atoms with E-state index < -0.39 is 0 Å². The summed E-state index contributed by atoms with van der Waals surface area (Å²) in [6.07, 6.45) is 8.14. The molecule has 4 heterocycles. The fraction of sp³-hybridized carbons (Fsp3) is 0.611. The molecule has 7 nitrogen and oxygen atoms in total. The second-order valence-electron chi connectivity index (χ2n) is 6.98. The molecule has 0 aromatic carbocycles. The van der Waals surface area contributed by atoms with Crippen molar-refractivity contribution in [2.45, 2.75) is 32.1 Å². The Kier molecular flexibility index (Phi) is 5.50. The lowest BCUT2D eigenvalue weighted by atomic mass is 10.1. The van der Waals surface area contributed by atoms with Crippen LogP contribution < -0.4 is 10.2 Å². The molecule has 0 bridgehead atoms. The zero-order valence-corrected chi connectivity index (χ0v) is 15.9. The van der Waals surface area contributed by atoms with E-state index in [9.17, 15) is 4.79 Å². The average molecular weight is 375 g/mol. The van der Waals surface area contributed by atoms with Crippen LogP contribution in [0.4, 0.5) is 5.13 Å². The van der Waals surface area contributed by atoms with Gasteiger partial charge in [0.15, 0.2) is 0 Å². The van der Waals surface area contributed by atoms with E-state index in [0.29, 0.717) is 12.2 Å². The third kappa shape index (κ3) is 3.91. The van der Waals surface area contributed by atoms with Gasteiger partial charge in [0.25, 0.3) is 5.91 Å². The third-order valence-corrected chi connectivity index (χ3v) is 6.11. The highest BCUT2D eigenvalue weighted by Crippen LogP contribution is 2.26. The molecule has 2 aliphatic heterocycles. The summed E-state index contributed by atoms with van der Waals surface area (Å²) in [5.41, 5.74) is 0.618. The third-order valence-electron chi connectivity index (χ3n) is 5.13. The molecule has 2 aromatic rings. The highest BCUT2D eigenvalue weighted by Gasteiger charge is 2.19. The van der Waals surface area contributed by atoms with E-state index >= 15 is 0 Å². The summed E-state index contributed by atoms with van der Waals surface area (Å²) in [5, 5.41) is 13.4. The van der Waals surface area contributed by atoms with Crippen LogP contribution in [0.3, 0.4) is 0 Å². The second kappa shape index (κ2) is 8.18. The minimum Gasteiger partial charge on any atom is -0.349 e. The Bertz CT molecular complexity index is 730. The summed E-state index contributed by atoms with van der Waals surface area (Å²) >= 11 is 1.55. The molecule has 0 unspecified atom stereocenters. The Balaban J connectivity index is 1.39. The standard InChI is InChI=1S/C18H26N6OS/c25-16(19-8-14-22-9-4-5-10-22)15-7-6-13-24(15)18-21-20-17(26-18)23-11-2-1-3-12-23/h6-7,13H,1-5,8-12,14H2,(H,19,25). The molecule has 0 saturated carbocycles. The van der Waals surface area contributed by atoms with Crippen molar-refractivity contribution in [3.8, 4) is 5.13 Å². The number of aromatic nitrogens is 3. The van der Waals surface area contributed by atoms with E-state index in [-0.39, 0.29) is 5.91 Å². The highest BCUT2D eigenvalue weighted by atomic mass is 32.1. The molecular weight excluding hydrogens is 348 g/mol. The molecule has 140 valence electrons. The molecule has 2 aliphatic rings. The first kappa shape index (κ1) is 17.5. The van der Waals surface area contributed by atoms with E-state index in [1.54, 1.807) is 11.3 Å². The first-order valence-corrected chi connectivity index (χ1v) is 10.4. The summed E-state index contributed by atoms with van der Waals surface area (Å²) in [4.78, 5) is 17.3. The first-order valence-electron chi connectivity index (χ1n) is 9.58. The minimum absolute atomic E-state index is 0.0519. The summed E-state index contributed by atoms with van der Waals surface area (Å²) < 4.78 is 1.84.